The Morgan fingerprint density at radius 1 is 0.875 bits per heavy atom. The number of nitrogens with zero attached hydrogens (tertiary/aromatic N) is 2. The van der Waals surface area contributed by atoms with Crippen LogP contribution in [0.4, 0.5) is 5.69 Å². The number of fused-ring (bicyclic) bond motifs is 1. The maximum absolute atomic E-state index is 12.9. The number of rotatable bonds is 3. The Balaban J connectivity index is 1.50. The molecule has 0 spiro atoms. The summed E-state index contributed by atoms with van der Waals surface area (Å²) in [5, 5.41) is 0. The highest BCUT2D eigenvalue weighted by Crippen LogP contribution is 2.28. The fourth-order valence-electron chi connectivity index (χ4n) is 3.85. The SMILES string of the molecule is O=C(c1ccc(CN2CCCC2)cc1)N1CCCc2ccccc21. The Kier molecular flexibility index (Phi) is 4.35. The molecule has 124 valence electrons. The number of likely N-dealkylation sites (tertiary alicyclic amines) is 1. The Labute approximate surface area is 143 Å². The van der Waals surface area contributed by atoms with Gasteiger partial charge in [0.2, 0.25) is 0 Å². The second-order valence-electron chi connectivity index (χ2n) is 6.87. The second-order valence-corrected chi connectivity index (χ2v) is 6.87. The van der Waals surface area contributed by atoms with Gasteiger partial charge in [-0.15, -0.1) is 0 Å². The molecule has 2 heterocycles. The van der Waals surface area contributed by atoms with Gasteiger partial charge >= 0.3 is 0 Å². The fraction of sp³-hybridized carbons (Fsp3) is 0.381. The van der Waals surface area contributed by atoms with E-state index in [-0.39, 0.29) is 5.91 Å². The Bertz CT molecular complexity index is 717. The van der Waals surface area contributed by atoms with Crippen LogP contribution in [0.5, 0.6) is 0 Å². The van der Waals surface area contributed by atoms with Gasteiger partial charge in [0, 0.05) is 24.3 Å². The van der Waals surface area contributed by atoms with Crippen LogP contribution in [-0.4, -0.2) is 30.4 Å². The van der Waals surface area contributed by atoms with Crippen molar-refractivity contribution >= 4 is 11.6 Å². The van der Waals surface area contributed by atoms with E-state index in [1.165, 1.54) is 37.1 Å². The van der Waals surface area contributed by atoms with E-state index in [0.717, 1.165) is 37.2 Å². The molecule has 1 fully saturated rings. The average Bonchev–Trinajstić information content (AvgIpc) is 3.14. The van der Waals surface area contributed by atoms with Gasteiger partial charge < -0.3 is 4.90 Å². The molecule has 0 N–H and O–H groups in total. The van der Waals surface area contributed by atoms with E-state index in [9.17, 15) is 4.79 Å². The number of anilines is 1. The van der Waals surface area contributed by atoms with Crippen molar-refractivity contribution in [1.29, 1.82) is 0 Å². The van der Waals surface area contributed by atoms with Gasteiger partial charge in [-0.1, -0.05) is 30.3 Å². The normalized spacial score (nSPS) is 17.8. The van der Waals surface area contributed by atoms with Gasteiger partial charge in [-0.25, -0.2) is 0 Å². The van der Waals surface area contributed by atoms with E-state index >= 15 is 0 Å². The van der Waals surface area contributed by atoms with Gasteiger partial charge in [0.05, 0.1) is 0 Å². The lowest BCUT2D eigenvalue weighted by Crippen LogP contribution is -2.35. The van der Waals surface area contributed by atoms with E-state index in [0.29, 0.717) is 0 Å². The van der Waals surface area contributed by atoms with Gasteiger partial charge in [-0.3, -0.25) is 9.69 Å². The summed E-state index contributed by atoms with van der Waals surface area (Å²) >= 11 is 0. The molecule has 1 saturated heterocycles. The number of carbonyl (C=O) groups excluding carboxylic acids is 1. The smallest absolute Gasteiger partial charge is 0.258 e. The van der Waals surface area contributed by atoms with E-state index in [2.05, 4.69) is 35.2 Å². The van der Waals surface area contributed by atoms with Crippen LogP contribution in [0.1, 0.15) is 40.7 Å². The predicted octanol–water partition coefficient (Wildman–Crippen LogP) is 3.88. The lowest BCUT2D eigenvalue weighted by atomic mass is 10.0. The maximum atomic E-state index is 12.9. The molecule has 0 aliphatic carbocycles. The van der Waals surface area contributed by atoms with Crippen LogP contribution in [0.2, 0.25) is 0 Å². The van der Waals surface area contributed by atoms with E-state index in [4.69, 9.17) is 0 Å². The fourth-order valence-corrected chi connectivity index (χ4v) is 3.85. The quantitative estimate of drug-likeness (QED) is 0.857. The third-order valence-electron chi connectivity index (χ3n) is 5.16. The van der Waals surface area contributed by atoms with Crippen molar-refractivity contribution < 1.29 is 4.79 Å². The number of amides is 1. The van der Waals surface area contributed by atoms with Gasteiger partial charge in [0.1, 0.15) is 0 Å². The molecule has 0 unspecified atom stereocenters. The standard InChI is InChI=1S/C21H24N2O/c24-21(23-15-5-7-18-6-1-2-8-20(18)23)19-11-9-17(10-12-19)16-22-13-3-4-14-22/h1-2,6,8-12H,3-5,7,13-16H2. The topological polar surface area (TPSA) is 23.6 Å². The van der Waals surface area contributed by atoms with Crippen LogP contribution in [0.25, 0.3) is 0 Å². The van der Waals surface area contributed by atoms with E-state index in [1.807, 2.05) is 23.1 Å². The number of benzene rings is 2. The maximum Gasteiger partial charge on any atom is 0.258 e. The molecule has 1 amide bonds. The monoisotopic (exact) mass is 320 g/mol. The third-order valence-corrected chi connectivity index (χ3v) is 5.16. The second kappa shape index (κ2) is 6.78. The molecule has 4 rings (SSSR count). The summed E-state index contributed by atoms with van der Waals surface area (Å²) in [6, 6.07) is 16.5. The largest absolute Gasteiger partial charge is 0.308 e. The van der Waals surface area contributed by atoms with Crippen LogP contribution < -0.4 is 4.90 Å². The van der Waals surface area contributed by atoms with Crippen molar-refractivity contribution in [3.05, 3.63) is 65.2 Å². The number of para-hydroxylation sites is 1. The molecule has 0 radical (unpaired) electrons. The summed E-state index contributed by atoms with van der Waals surface area (Å²) in [4.78, 5) is 17.4. The molecule has 0 saturated carbocycles. The summed E-state index contributed by atoms with van der Waals surface area (Å²) in [6.07, 6.45) is 4.72. The zero-order valence-electron chi connectivity index (χ0n) is 14.1. The summed E-state index contributed by atoms with van der Waals surface area (Å²) in [6.45, 7) is 4.21. The molecule has 0 bridgehead atoms. The molecule has 3 nitrogen and oxygen atoms in total. The first-order valence-corrected chi connectivity index (χ1v) is 9.02. The zero-order chi connectivity index (χ0) is 16.4. The summed E-state index contributed by atoms with van der Waals surface area (Å²) in [5.74, 6) is 0.120. The van der Waals surface area contributed by atoms with Crippen molar-refractivity contribution in [3.63, 3.8) is 0 Å². The molecule has 2 aliphatic rings. The molecule has 0 atom stereocenters. The van der Waals surface area contributed by atoms with Crippen molar-refractivity contribution in [2.75, 3.05) is 24.5 Å². The first-order chi connectivity index (χ1) is 11.8. The van der Waals surface area contributed by atoms with Gasteiger partial charge in [-0.2, -0.15) is 0 Å². The van der Waals surface area contributed by atoms with Gasteiger partial charge in [0.15, 0.2) is 0 Å². The molecular weight excluding hydrogens is 296 g/mol. The minimum absolute atomic E-state index is 0.120. The minimum Gasteiger partial charge on any atom is -0.308 e. The molecule has 24 heavy (non-hydrogen) atoms. The first kappa shape index (κ1) is 15.4. The van der Waals surface area contributed by atoms with Crippen molar-refractivity contribution in [1.82, 2.24) is 4.90 Å². The van der Waals surface area contributed by atoms with Crippen molar-refractivity contribution in [3.8, 4) is 0 Å². The minimum atomic E-state index is 0.120. The summed E-state index contributed by atoms with van der Waals surface area (Å²) < 4.78 is 0. The Morgan fingerprint density at radius 3 is 2.42 bits per heavy atom. The number of carbonyl (C=O) groups is 1. The molecule has 0 aromatic heterocycles. The zero-order valence-corrected chi connectivity index (χ0v) is 14.1. The Morgan fingerprint density at radius 2 is 1.62 bits per heavy atom. The summed E-state index contributed by atoms with van der Waals surface area (Å²) in [5.41, 5.74) is 4.45. The highest BCUT2D eigenvalue weighted by Gasteiger charge is 2.23. The predicted molar refractivity (Wildman–Crippen MR) is 97.4 cm³/mol. The highest BCUT2D eigenvalue weighted by molar-refractivity contribution is 6.06. The van der Waals surface area contributed by atoms with Crippen LogP contribution in [-0.2, 0) is 13.0 Å². The van der Waals surface area contributed by atoms with Crippen molar-refractivity contribution in [2.45, 2.75) is 32.2 Å². The first-order valence-electron chi connectivity index (χ1n) is 9.02. The molecule has 2 aromatic carbocycles. The van der Waals surface area contributed by atoms with Gasteiger partial charge in [0.25, 0.3) is 5.91 Å². The Hall–Kier alpha value is -2.13. The van der Waals surface area contributed by atoms with E-state index < -0.39 is 0 Å². The van der Waals surface area contributed by atoms with Crippen LogP contribution >= 0.6 is 0 Å². The summed E-state index contributed by atoms with van der Waals surface area (Å²) in [7, 11) is 0. The lowest BCUT2D eigenvalue weighted by Gasteiger charge is -2.29. The van der Waals surface area contributed by atoms with Crippen molar-refractivity contribution in [2.24, 2.45) is 0 Å². The van der Waals surface area contributed by atoms with E-state index in [1.54, 1.807) is 0 Å². The molecule has 2 aromatic rings. The van der Waals surface area contributed by atoms with Gasteiger partial charge in [-0.05, 0) is 68.1 Å². The highest BCUT2D eigenvalue weighted by atomic mass is 16.2. The molecule has 2 aliphatic heterocycles. The third kappa shape index (κ3) is 3.09. The number of aryl methyl sites for hydroxylation is 1. The number of hydrogen-bond donors (Lipinski definition) is 0. The lowest BCUT2D eigenvalue weighted by molar-refractivity contribution is 0.0985. The molecule has 3 heteroatoms. The average molecular weight is 320 g/mol. The van der Waals surface area contributed by atoms with Crippen LogP contribution in [0, 0.1) is 0 Å². The van der Waals surface area contributed by atoms with Crippen LogP contribution in [0.15, 0.2) is 48.5 Å². The van der Waals surface area contributed by atoms with Crippen LogP contribution in [0.3, 0.4) is 0 Å². The molecular formula is C21H24N2O. The number of hydrogen-bond acceptors (Lipinski definition) is 2.